The molecule has 0 fully saturated rings. The van der Waals surface area contributed by atoms with E-state index in [9.17, 15) is 14.4 Å². The van der Waals surface area contributed by atoms with E-state index in [1.165, 1.54) is 0 Å². The minimum atomic E-state index is -1.50. The molecule has 0 aromatic heterocycles. The van der Waals surface area contributed by atoms with Gasteiger partial charge in [-0.05, 0) is 18.4 Å². The fourth-order valence-electron chi connectivity index (χ4n) is 1.83. The van der Waals surface area contributed by atoms with Crippen molar-refractivity contribution in [3.8, 4) is 0 Å². The Labute approximate surface area is 114 Å². The van der Waals surface area contributed by atoms with E-state index in [4.69, 9.17) is 15.3 Å². The lowest BCUT2D eigenvalue weighted by molar-refractivity contribution is -0.144. The van der Waals surface area contributed by atoms with Crippen LogP contribution in [-0.2, 0) is 16.0 Å². The van der Waals surface area contributed by atoms with E-state index in [1.807, 2.05) is 0 Å². The lowest BCUT2D eigenvalue weighted by atomic mass is 9.93. The third kappa shape index (κ3) is 4.97. The molecule has 1 aromatic rings. The van der Waals surface area contributed by atoms with Crippen molar-refractivity contribution < 1.29 is 29.7 Å². The molecule has 0 spiro atoms. The highest BCUT2D eigenvalue weighted by Crippen LogP contribution is 2.15. The molecule has 0 aliphatic carbocycles. The van der Waals surface area contributed by atoms with E-state index in [-0.39, 0.29) is 12.8 Å². The molecule has 0 heterocycles. The Balaban J connectivity index is 2.77. The standard InChI is InChI=1S/C13H15NO6/c15-11(16)9(6-8-4-2-1-3-5-8)7-10(12(17)18)14-13(19)20/h1-5,9-10,14H,6-7H2,(H,15,16)(H,17,18)(H,19,20)/t9?,10-/m1/s1. The summed E-state index contributed by atoms with van der Waals surface area (Å²) in [5, 5.41) is 28.4. The maximum absolute atomic E-state index is 11.2. The Morgan fingerprint density at radius 2 is 1.60 bits per heavy atom. The van der Waals surface area contributed by atoms with Crippen LogP contribution in [0.3, 0.4) is 0 Å². The Morgan fingerprint density at radius 3 is 2.05 bits per heavy atom. The summed E-state index contributed by atoms with van der Waals surface area (Å²) in [4.78, 5) is 32.6. The highest BCUT2D eigenvalue weighted by atomic mass is 16.4. The van der Waals surface area contributed by atoms with Gasteiger partial charge in [0.15, 0.2) is 0 Å². The van der Waals surface area contributed by atoms with Gasteiger partial charge in [-0.25, -0.2) is 9.59 Å². The normalized spacial score (nSPS) is 13.2. The quantitative estimate of drug-likeness (QED) is 0.592. The van der Waals surface area contributed by atoms with Crippen molar-refractivity contribution in [1.82, 2.24) is 5.32 Å². The lowest BCUT2D eigenvalue weighted by Crippen LogP contribution is -2.42. The lowest BCUT2D eigenvalue weighted by Gasteiger charge is -2.17. The summed E-state index contributed by atoms with van der Waals surface area (Å²) in [6.07, 6.45) is -1.67. The summed E-state index contributed by atoms with van der Waals surface area (Å²) in [7, 11) is 0. The van der Waals surface area contributed by atoms with Crippen molar-refractivity contribution in [1.29, 1.82) is 0 Å². The van der Waals surface area contributed by atoms with Crippen LogP contribution in [0.15, 0.2) is 30.3 Å². The van der Waals surface area contributed by atoms with Gasteiger partial charge in [-0.1, -0.05) is 30.3 Å². The van der Waals surface area contributed by atoms with Crippen molar-refractivity contribution in [2.75, 3.05) is 0 Å². The fourth-order valence-corrected chi connectivity index (χ4v) is 1.83. The number of carboxylic acid groups (broad SMARTS) is 3. The van der Waals surface area contributed by atoms with Crippen molar-refractivity contribution >= 4 is 18.0 Å². The molecular weight excluding hydrogens is 266 g/mol. The molecule has 7 nitrogen and oxygen atoms in total. The van der Waals surface area contributed by atoms with Gasteiger partial charge in [0.2, 0.25) is 0 Å². The average Bonchev–Trinajstić information content (AvgIpc) is 2.37. The molecule has 1 unspecified atom stereocenters. The first-order valence-electron chi connectivity index (χ1n) is 5.89. The molecule has 0 saturated heterocycles. The van der Waals surface area contributed by atoms with Crippen molar-refractivity contribution in [3.05, 3.63) is 35.9 Å². The SMILES string of the molecule is O=C(O)N[C@H](CC(Cc1ccccc1)C(=O)O)C(=O)O. The number of hydrogen-bond donors (Lipinski definition) is 4. The highest BCUT2D eigenvalue weighted by molar-refractivity contribution is 5.80. The van der Waals surface area contributed by atoms with Crippen LogP contribution < -0.4 is 5.32 Å². The van der Waals surface area contributed by atoms with Gasteiger partial charge >= 0.3 is 18.0 Å². The number of amides is 1. The van der Waals surface area contributed by atoms with Crippen LogP contribution in [0.2, 0.25) is 0 Å². The molecule has 1 rings (SSSR count). The number of carbonyl (C=O) groups is 3. The van der Waals surface area contributed by atoms with Gasteiger partial charge in [-0.2, -0.15) is 0 Å². The molecule has 4 N–H and O–H groups in total. The zero-order chi connectivity index (χ0) is 15.1. The first kappa shape index (κ1) is 15.5. The van der Waals surface area contributed by atoms with Gasteiger partial charge in [0.1, 0.15) is 6.04 Å². The fraction of sp³-hybridized carbons (Fsp3) is 0.308. The minimum Gasteiger partial charge on any atom is -0.481 e. The number of nitrogens with one attached hydrogen (secondary N) is 1. The molecule has 1 aromatic carbocycles. The van der Waals surface area contributed by atoms with E-state index in [2.05, 4.69) is 0 Å². The average molecular weight is 281 g/mol. The molecule has 2 atom stereocenters. The third-order valence-electron chi connectivity index (χ3n) is 2.79. The summed E-state index contributed by atoms with van der Waals surface area (Å²) in [6.45, 7) is 0. The number of aliphatic carboxylic acids is 2. The molecule has 0 saturated carbocycles. The molecular formula is C13H15NO6. The van der Waals surface area contributed by atoms with Crippen LogP contribution in [0, 0.1) is 5.92 Å². The summed E-state index contributed by atoms with van der Waals surface area (Å²) in [5.41, 5.74) is 0.749. The second-order valence-corrected chi connectivity index (χ2v) is 4.30. The van der Waals surface area contributed by atoms with Crippen LogP contribution in [0.5, 0.6) is 0 Å². The first-order valence-corrected chi connectivity index (χ1v) is 5.89. The number of rotatable bonds is 7. The Kier molecular flexibility index (Phi) is 5.52. The number of carboxylic acids is 2. The molecule has 108 valence electrons. The van der Waals surface area contributed by atoms with Gasteiger partial charge < -0.3 is 20.6 Å². The number of hydrogen-bond acceptors (Lipinski definition) is 3. The van der Waals surface area contributed by atoms with E-state index < -0.39 is 30.0 Å². The number of benzene rings is 1. The van der Waals surface area contributed by atoms with Crippen molar-refractivity contribution in [2.45, 2.75) is 18.9 Å². The monoisotopic (exact) mass is 281 g/mol. The van der Waals surface area contributed by atoms with E-state index in [1.54, 1.807) is 35.6 Å². The maximum atomic E-state index is 11.2. The van der Waals surface area contributed by atoms with Crippen LogP contribution in [0.1, 0.15) is 12.0 Å². The summed E-state index contributed by atoms with van der Waals surface area (Å²) >= 11 is 0. The predicted molar refractivity (Wildman–Crippen MR) is 68.5 cm³/mol. The molecule has 0 radical (unpaired) electrons. The summed E-state index contributed by atoms with van der Waals surface area (Å²) in [5.74, 6) is -3.54. The second kappa shape index (κ2) is 7.13. The Bertz CT molecular complexity index is 487. The van der Waals surface area contributed by atoms with Crippen LogP contribution >= 0.6 is 0 Å². The molecule has 1 amide bonds. The highest BCUT2D eigenvalue weighted by Gasteiger charge is 2.28. The van der Waals surface area contributed by atoms with Crippen molar-refractivity contribution in [2.24, 2.45) is 5.92 Å². The zero-order valence-electron chi connectivity index (χ0n) is 10.5. The van der Waals surface area contributed by atoms with E-state index >= 15 is 0 Å². The Morgan fingerprint density at radius 1 is 1.00 bits per heavy atom. The predicted octanol–water partition coefficient (Wildman–Crippen LogP) is 1.04. The van der Waals surface area contributed by atoms with Gasteiger partial charge in [0.05, 0.1) is 5.92 Å². The molecule has 0 aliphatic heterocycles. The topological polar surface area (TPSA) is 124 Å². The Hall–Kier alpha value is -2.57. The molecule has 0 aliphatic rings. The van der Waals surface area contributed by atoms with Crippen LogP contribution in [0.25, 0.3) is 0 Å². The van der Waals surface area contributed by atoms with Gasteiger partial charge in [-0.3, -0.25) is 4.79 Å². The smallest absolute Gasteiger partial charge is 0.405 e. The van der Waals surface area contributed by atoms with Crippen LogP contribution in [0.4, 0.5) is 4.79 Å². The first-order chi connectivity index (χ1) is 9.40. The second-order valence-electron chi connectivity index (χ2n) is 4.30. The van der Waals surface area contributed by atoms with Crippen LogP contribution in [-0.4, -0.2) is 39.4 Å². The van der Waals surface area contributed by atoms with Gasteiger partial charge in [0.25, 0.3) is 0 Å². The molecule has 20 heavy (non-hydrogen) atoms. The van der Waals surface area contributed by atoms with Gasteiger partial charge in [-0.15, -0.1) is 0 Å². The molecule has 7 heteroatoms. The minimum absolute atomic E-state index is 0.140. The van der Waals surface area contributed by atoms with E-state index in [0.29, 0.717) is 0 Å². The summed E-state index contributed by atoms with van der Waals surface area (Å²) < 4.78 is 0. The largest absolute Gasteiger partial charge is 0.481 e. The van der Waals surface area contributed by atoms with Crippen molar-refractivity contribution in [3.63, 3.8) is 0 Å². The maximum Gasteiger partial charge on any atom is 0.405 e. The third-order valence-corrected chi connectivity index (χ3v) is 2.79. The summed E-state index contributed by atoms with van der Waals surface area (Å²) in [6, 6.07) is 7.30. The molecule has 0 bridgehead atoms. The zero-order valence-corrected chi connectivity index (χ0v) is 10.5. The van der Waals surface area contributed by atoms with Gasteiger partial charge in [0, 0.05) is 0 Å². The van der Waals surface area contributed by atoms with E-state index in [0.717, 1.165) is 5.56 Å².